The summed E-state index contributed by atoms with van der Waals surface area (Å²) in [4.78, 5) is 14.0. The van der Waals surface area contributed by atoms with E-state index in [1.165, 1.54) is 6.42 Å². The highest BCUT2D eigenvalue weighted by molar-refractivity contribution is 5.74. The predicted octanol–water partition coefficient (Wildman–Crippen LogP) is 1.96. The van der Waals surface area contributed by atoms with Gasteiger partial charge < -0.3 is 24.1 Å². The third-order valence-corrected chi connectivity index (χ3v) is 4.35. The number of carbonyl (C=O) groups excluding carboxylic acids is 1. The number of methoxy groups -OCH3 is 1. The summed E-state index contributed by atoms with van der Waals surface area (Å²) in [5.41, 5.74) is 0. The van der Waals surface area contributed by atoms with E-state index in [1.807, 2.05) is 12.1 Å². The molecule has 1 saturated carbocycles. The highest BCUT2D eigenvalue weighted by Gasteiger charge is 2.36. The van der Waals surface area contributed by atoms with Crippen LogP contribution in [0, 0.1) is 5.92 Å². The molecule has 6 heteroatoms. The number of urea groups is 1. The summed E-state index contributed by atoms with van der Waals surface area (Å²) in [7, 11) is 1.64. The first-order valence-electron chi connectivity index (χ1n) is 7.89. The number of amides is 2. The summed E-state index contributed by atoms with van der Waals surface area (Å²) < 4.78 is 16.4. The second-order valence-electron chi connectivity index (χ2n) is 6.18. The summed E-state index contributed by atoms with van der Waals surface area (Å²) in [6, 6.07) is 3.90. The lowest BCUT2D eigenvalue weighted by Gasteiger charge is -2.32. The Morgan fingerprint density at radius 3 is 3.05 bits per heavy atom. The molecule has 2 fully saturated rings. The smallest absolute Gasteiger partial charge is 0.317 e. The molecule has 6 nitrogen and oxygen atoms in total. The fourth-order valence-electron chi connectivity index (χ4n) is 2.87. The molecular weight excluding hydrogens is 284 g/mol. The number of carbonyl (C=O) groups is 1. The van der Waals surface area contributed by atoms with Crippen molar-refractivity contribution in [2.24, 2.45) is 5.92 Å². The van der Waals surface area contributed by atoms with Crippen molar-refractivity contribution in [1.29, 1.82) is 0 Å². The monoisotopic (exact) mass is 308 g/mol. The Morgan fingerprint density at radius 1 is 1.50 bits per heavy atom. The van der Waals surface area contributed by atoms with Crippen molar-refractivity contribution in [3.8, 4) is 0 Å². The maximum Gasteiger partial charge on any atom is 0.317 e. The molecule has 2 heterocycles. The minimum atomic E-state index is -0.0813. The van der Waals surface area contributed by atoms with Crippen LogP contribution in [0.4, 0.5) is 4.79 Å². The minimum Gasteiger partial charge on any atom is -0.464 e. The highest BCUT2D eigenvalue weighted by atomic mass is 16.5. The van der Waals surface area contributed by atoms with Crippen molar-refractivity contribution in [1.82, 2.24) is 10.2 Å². The van der Waals surface area contributed by atoms with Crippen molar-refractivity contribution < 1.29 is 18.7 Å². The van der Waals surface area contributed by atoms with Crippen molar-refractivity contribution in [3.05, 3.63) is 23.7 Å². The molecule has 1 aliphatic carbocycles. The summed E-state index contributed by atoms with van der Waals surface area (Å²) in [5, 5.41) is 2.91. The first kappa shape index (κ1) is 15.4. The lowest BCUT2D eigenvalue weighted by molar-refractivity contribution is -0.0494. The van der Waals surface area contributed by atoms with E-state index >= 15 is 0 Å². The van der Waals surface area contributed by atoms with Gasteiger partial charge in [0.2, 0.25) is 0 Å². The van der Waals surface area contributed by atoms with Crippen LogP contribution >= 0.6 is 0 Å². The van der Waals surface area contributed by atoms with Crippen molar-refractivity contribution in [2.45, 2.75) is 31.9 Å². The maximum atomic E-state index is 12.2. The SMILES string of the molecule is COC[C@@H]1CN(C(=O)NCc2ccc([C@@H]3C[C@@H]3C)o2)CCO1. The van der Waals surface area contributed by atoms with E-state index < -0.39 is 0 Å². The minimum absolute atomic E-state index is 0.0453. The van der Waals surface area contributed by atoms with E-state index in [9.17, 15) is 4.79 Å². The summed E-state index contributed by atoms with van der Waals surface area (Å²) in [5.74, 6) is 3.14. The molecule has 0 unspecified atom stereocenters. The summed E-state index contributed by atoms with van der Waals surface area (Å²) in [6.45, 7) is 4.87. The van der Waals surface area contributed by atoms with E-state index in [0.29, 0.717) is 38.8 Å². The van der Waals surface area contributed by atoms with Crippen LogP contribution in [-0.4, -0.2) is 50.4 Å². The Kier molecular flexibility index (Phi) is 4.69. The fourth-order valence-corrected chi connectivity index (χ4v) is 2.87. The van der Waals surface area contributed by atoms with Gasteiger partial charge in [0.1, 0.15) is 11.5 Å². The topological polar surface area (TPSA) is 63.9 Å². The third kappa shape index (κ3) is 3.62. The van der Waals surface area contributed by atoms with Crippen LogP contribution in [0.25, 0.3) is 0 Å². The standard InChI is InChI=1S/C16H24N2O4/c1-11-7-14(11)15-4-3-12(22-15)8-17-16(19)18-5-6-21-13(9-18)10-20-2/h3-4,11,13-14H,5-10H2,1-2H3,(H,17,19)/t11-,13-,14+/m0/s1. The molecule has 1 aromatic rings. The molecule has 2 amide bonds. The zero-order valence-corrected chi connectivity index (χ0v) is 13.2. The van der Waals surface area contributed by atoms with Crippen LogP contribution in [-0.2, 0) is 16.0 Å². The van der Waals surface area contributed by atoms with E-state index in [1.54, 1.807) is 12.0 Å². The molecule has 1 saturated heterocycles. The largest absolute Gasteiger partial charge is 0.464 e. The molecule has 0 bridgehead atoms. The summed E-state index contributed by atoms with van der Waals surface area (Å²) in [6.07, 6.45) is 1.16. The Labute approximate surface area is 130 Å². The highest BCUT2D eigenvalue weighted by Crippen LogP contribution is 2.47. The van der Waals surface area contributed by atoms with Gasteiger partial charge in [0, 0.05) is 19.6 Å². The van der Waals surface area contributed by atoms with Crippen molar-refractivity contribution in [2.75, 3.05) is 33.4 Å². The Hall–Kier alpha value is -1.53. The lowest BCUT2D eigenvalue weighted by Crippen LogP contribution is -2.50. The average Bonchev–Trinajstić information content (AvgIpc) is 3.07. The molecule has 122 valence electrons. The molecule has 22 heavy (non-hydrogen) atoms. The third-order valence-electron chi connectivity index (χ3n) is 4.35. The number of morpholine rings is 1. The van der Waals surface area contributed by atoms with Gasteiger partial charge in [-0.05, 0) is 24.5 Å². The van der Waals surface area contributed by atoms with Gasteiger partial charge >= 0.3 is 6.03 Å². The number of nitrogens with one attached hydrogen (secondary N) is 1. The normalized spacial score (nSPS) is 27.7. The number of hydrogen-bond donors (Lipinski definition) is 1. The van der Waals surface area contributed by atoms with E-state index in [-0.39, 0.29) is 12.1 Å². The van der Waals surface area contributed by atoms with Crippen molar-refractivity contribution in [3.63, 3.8) is 0 Å². The fraction of sp³-hybridized carbons (Fsp3) is 0.688. The molecule has 3 atom stereocenters. The first-order valence-corrected chi connectivity index (χ1v) is 7.89. The second kappa shape index (κ2) is 6.71. The van der Waals surface area contributed by atoms with Crippen LogP contribution in [0.5, 0.6) is 0 Å². The Balaban J connectivity index is 1.46. The van der Waals surface area contributed by atoms with Crippen LogP contribution in [0.1, 0.15) is 30.8 Å². The number of rotatable bonds is 5. The number of nitrogens with zero attached hydrogens (tertiary/aromatic N) is 1. The molecule has 1 N–H and O–H groups in total. The van der Waals surface area contributed by atoms with Crippen LogP contribution in [0.3, 0.4) is 0 Å². The number of furan rings is 1. The quantitative estimate of drug-likeness (QED) is 0.903. The Bertz CT molecular complexity index is 514. The number of hydrogen-bond acceptors (Lipinski definition) is 4. The van der Waals surface area contributed by atoms with Gasteiger partial charge in [0.05, 0.1) is 32.4 Å². The molecule has 1 aliphatic heterocycles. The van der Waals surface area contributed by atoms with E-state index in [4.69, 9.17) is 13.9 Å². The van der Waals surface area contributed by atoms with Gasteiger partial charge in [0.15, 0.2) is 0 Å². The van der Waals surface area contributed by atoms with Gasteiger partial charge in [-0.25, -0.2) is 4.79 Å². The number of ether oxygens (including phenoxy) is 2. The molecule has 1 aromatic heterocycles. The average molecular weight is 308 g/mol. The molecule has 0 spiro atoms. The van der Waals surface area contributed by atoms with Gasteiger partial charge in [-0.15, -0.1) is 0 Å². The predicted molar refractivity (Wildman–Crippen MR) is 80.7 cm³/mol. The van der Waals surface area contributed by atoms with E-state index in [2.05, 4.69) is 12.2 Å². The van der Waals surface area contributed by atoms with Crippen LogP contribution < -0.4 is 5.32 Å². The lowest BCUT2D eigenvalue weighted by atomic mass is 10.3. The van der Waals surface area contributed by atoms with Gasteiger partial charge in [-0.2, -0.15) is 0 Å². The van der Waals surface area contributed by atoms with Gasteiger partial charge in [-0.1, -0.05) is 6.92 Å². The maximum absolute atomic E-state index is 12.2. The first-order chi connectivity index (χ1) is 10.7. The molecule has 3 rings (SSSR count). The molecule has 0 aromatic carbocycles. The van der Waals surface area contributed by atoms with E-state index in [0.717, 1.165) is 17.4 Å². The van der Waals surface area contributed by atoms with Gasteiger partial charge in [0.25, 0.3) is 0 Å². The summed E-state index contributed by atoms with van der Waals surface area (Å²) >= 11 is 0. The van der Waals surface area contributed by atoms with Crippen LogP contribution in [0.2, 0.25) is 0 Å². The van der Waals surface area contributed by atoms with Gasteiger partial charge in [-0.3, -0.25) is 0 Å². The Morgan fingerprint density at radius 2 is 2.32 bits per heavy atom. The van der Waals surface area contributed by atoms with Crippen molar-refractivity contribution >= 4 is 6.03 Å². The molecule has 2 aliphatic rings. The molecule has 0 radical (unpaired) electrons. The second-order valence-corrected chi connectivity index (χ2v) is 6.18. The zero-order valence-electron chi connectivity index (χ0n) is 13.2. The van der Waals surface area contributed by atoms with Crippen LogP contribution in [0.15, 0.2) is 16.5 Å². The molecular formula is C16H24N2O4. The zero-order chi connectivity index (χ0) is 15.5.